The highest BCUT2D eigenvalue weighted by atomic mass is 19.1. The van der Waals surface area contributed by atoms with Crippen LogP contribution in [0.1, 0.15) is 61.7 Å². The summed E-state index contributed by atoms with van der Waals surface area (Å²) in [4.78, 5) is 2.46. The molecule has 0 aliphatic carbocycles. The summed E-state index contributed by atoms with van der Waals surface area (Å²) in [6.07, 6.45) is 5.42. The molecule has 0 bridgehead atoms. The number of rotatable bonds is 11. The number of hydrogen-bond donors (Lipinski definition) is 1. The monoisotopic (exact) mass is 454 g/mol. The molecule has 33 heavy (non-hydrogen) atoms. The van der Waals surface area contributed by atoms with Gasteiger partial charge in [-0.1, -0.05) is 31.0 Å². The fraction of sp³-hybridized carbons (Fsp3) is 0.519. The van der Waals surface area contributed by atoms with Crippen molar-refractivity contribution in [3.05, 3.63) is 59.4 Å². The lowest BCUT2D eigenvalue weighted by atomic mass is 9.87. The van der Waals surface area contributed by atoms with Gasteiger partial charge in [-0.25, -0.2) is 4.39 Å². The van der Waals surface area contributed by atoms with Crippen molar-refractivity contribution >= 4 is 0 Å². The number of halogens is 1. The molecule has 5 nitrogen and oxygen atoms in total. The lowest BCUT2D eigenvalue weighted by Gasteiger charge is -2.34. The zero-order valence-corrected chi connectivity index (χ0v) is 19.7. The average molecular weight is 455 g/mol. The van der Waals surface area contributed by atoms with Gasteiger partial charge in [-0.2, -0.15) is 5.26 Å². The predicted octanol–water partition coefficient (Wildman–Crippen LogP) is 5.46. The van der Waals surface area contributed by atoms with Gasteiger partial charge in [-0.15, -0.1) is 0 Å². The summed E-state index contributed by atoms with van der Waals surface area (Å²) < 4.78 is 23.8. The minimum atomic E-state index is -0.521. The van der Waals surface area contributed by atoms with Gasteiger partial charge in [0.05, 0.1) is 32.3 Å². The molecule has 0 aromatic heterocycles. The van der Waals surface area contributed by atoms with Gasteiger partial charge < -0.3 is 19.5 Å². The van der Waals surface area contributed by atoms with Crippen molar-refractivity contribution in [3.8, 4) is 17.6 Å². The fourth-order valence-corrected chi connectivity index (χ4v) is 4.66. The first-order valence-electron chi connectivity index (χ1n) is 11.8. The predicted molar refractivity (Wildman–Crippen MR) is 127 cm³/mol. The molecule has 1 N–H and O–H groups in total. The molecule has 6 heteroatoms. The van der Waals surface area contributed by atoms with Crippen molar-refractivity contribution < 1.29 is 19.0 Å². The van der Waals surface area contributed by atoms with E-state index < -0.39 is 6.10 Å². The largest absolute Gasteiger partial charge is 0.493 e. The lowest BCUT2D eigenvalue weighted by Crippen LogP contribution is -2.36. The van der Waals surface area contributed by atoms with Crippen molar-refractivity contribution in [3.63, 3.8) is 0 Å². The lowest BCUT2D eigenvalue weighted by molar-refractivity contribution is 0.0584. The number of hydrogen-bond acceptors (Lipinski definition) is 5. The Hall–Kier alpha value is -2.62. The Morgan fingerprint density at radius 2 is 1.67 bits per heavy atom. The van der Waals surface area contributed by atoms with E-state index >= 15 is 0 Å². The van der Waals surface area contributed by atoms with Gasteiger partial charge in [0, 0.05) is 0 Å². The molecule has 1 saturated heterocycles. The topological polar surface area (TPSA) is 65.7 Å². The Labute approximate surface area is 196 Å². The molecule has 1 heterocycles. The third-order valence-corrected chi connectivity index (χ3v) is 6.72. The molecule has 0 amide bonds. The van der Waals surface area contributed by atoms with Gasteiger partial charge in [0.15, 0.2) is 11.5 Å². The summed E-state index contributed by atoms with van der Waals surface area (Å²) in [5.41, 5.74) is 1.77. The molecule has 3 rings (SSSR count). The third-order valence-electron chi connectivity index (χ3n) is 6.72. The molecule has 2 aromatic rings. The first-order chi connectivity index (χ1) is 16.0. The average Bonchev–Trinajstić information content (AvgIpc) is 2.86. The van der Waals surface area contributed by atoms with Crippen molar-refractivity contribution in [2.45, 2.75) is 50.5 Å². The normalized spacial score (nSPS) is 16.7. The minimum Gasteiger partial charge on any atom is -0.493 e. The Balaban J connectivity index is 1.36. The molecule has 178 valence electrons. The van der Waals surface area contributed by atoms with E-state index in [9.17, 15) is 14.8 Å². The van der Waals surface area contributed by atoms with E-state index in [0.29, 0.717) is 11.5 Å². The maximum atomic E-state index is 13.1. The molecule has 1 aliphatic rings. The molecule has 1 fully saturated rings. The van der Waals surface area contributed by atoms with E-state index in [4.69, 9.17) is 9.47 Å². The summed E-state index contributed by atoms with van der Waals surface area (Å²) in [7, 11) is 3.21. The van der Waals surface area contributed by atoms with Crippen molar-refractivity contribution in [2.75, 3.05) is 33.9 Å². The standard InChI is InChI=1S/C27H35FN2O3/c1-32-25-12-9-22(18-26(25)33-2)23(19-29)6-4-3-5-15-30-16-13-21(14-17-30)27(31)20-7-10-24(28)11-8-20/h7-12,18,21,23,27,31H,3-6,13-17H2,1-2H3. The Kier molecular flexibility index (Phi) is 9.53. The summed E-state index contributed by atoms with van der Waals surface area (Å²) in [5.74, 6) is 1.14. The number of nitrogens with zero attached hydrogens (tertiary/aromatic N) is 2. The maximum absolute atomic E-state index is 13.1. The second-order valence-corrected chi connectivity index (χ2v) is 8.82. The molecule has 0 radical (unpaired) electrons. The van der Waals surface area contributed by atoms with Gasteiger partial charge in [-0.3, -0.25) is 0 Å². The van der Waals surface area contributed by atoms with Crippen LogP contribution < -0.4 is 9.47 Å². The van der Waals surface area contributed by atoms with E-state index in [1.165, 1.54) is 12.1 Å². The summed E-state index contributed by atoms with van der Waals surface area (Å²) in [6.45, 7) is 3.01. The second-order valence-electron chi connectivity index (χ2n) is 8.82. The van der Waals surface area contributed by atoms with E-state index in [1.807, 2.05) is 18.2 Å². The van der Waals surface area contributed by atoms with E-state index in [2.05, 4.69) is 11.0 Å². The van der Waals surface area contributed by atoms with Crippen LogP contribution in [0.3, 0.4) is 0 Å². The van der Waals surface area contributed by atoms with Crippen LogP contribution in [0.4, 0.5) is 4.39 Å². The van der Waals surface area contributed by atoms with Crippen molar-refractivity contribution in [1.82, 2.24) is 4.90 Å². The molecular formula is C27H35FN2O3. The quantitative estimate of drug-likeness (QED) is 0.457. The van der Waals surface area contributed by atoms with Crippen LogP contribution in [-0.4, -0.2) is 43.9 Å². The van der Waals surface area contributed by atoms with Crippen molar-refractivity contribution in [2.24, 2.45) is 5.92 Å². The molecule has 2 atom stereocenters. The molecule has 2 unspecified atom stereocenters. The first-order valence-corrected chi connectivity index (χ1v) is 11.8. The van der Waals surface area contributed by atoms with Crippen LogP contribution in [-0.2, 0) is 0 Å². The molecular weight excluding hydrogens is 419 g/mol. The molecule has 1 aliphatic heterocycles. The maximum Gasteiger partial charge on any atom is 0.161 e. The number of methoxy groups -OCH3 is 2. The summed E-state index contributed by atoms with van der Waals surface area (Å²) >= 11 is 0. The van der Waals surface area contributed by atoms with Crippen LogP contribution in [0.5, 0.6) is 11.5 Å². The SMILES string of the molecule is COc1ccc(C(C#N)CCCCCN2CCC(C(O)c3ccc(F)cc3)CC2)cc1OC. The number of nitriles is 1. The van der Waals surface area contributed by atoms with Gasteiger partial charge >= 0.3 is 0 Å². The second kappa shape index (κ2) is 12.6. The van der Waals surface area contributed by atoms with Crippen LogP contribution in [0, 0.1) is 23.1 Å². The number of piperidine rings is 1. The summed E-state index contributed by atoms with van der Waals surface area (Å²) in [5, 5.41) is 20.2. The van der Waals surface area contributed by atoms with Gasteiger partial charge in [-0.05, 0) is 86.6 Å². The van der Waals surface area contributed by atoms with Crippen LogP contribution in [0.2, 0.25) is 0 Å². The molecule has 2 aromatic carbocycles. The number of unbranched alkanes of at least 4 members (excludes halogenated alkanes) is 2. The van der Waals surface area contributed by atoms with Gasteiger partial charge in [0.1, 0.15) is 5.82 Å². The number of aliphatic hydroxyl groups excluding tert-OH is 1. The molecule has 0 saturated carbocycles. The Bertz CT molecular complexity index is 905. The summed E-state index contributed by atoms with van der Waals surface area (Å²) in [6, 6.07) is 14.3. The van der Waals surface area contributed by atoms with Crippen LogP contribution >= 0.6 is 0 Å². The van der Waals surface area contributed by atoms with E-state index in [-0.39, 0.29) is 17.7 Å². The van der Waals surface area contributed by atoms with Gasteiger partial charge in [0.25, 0.3) is 0 Å². The number of likely N-dealkylation sites (tertiary alicyclic amines) is 1. The Morgan fingerprint density at radius 1 is 1.00 bits per heavy atom. The molecule has 0 spiro atoms. The van der Waals surface area contributed by atoms with Gasteiger partial charge in [0.2, 0.25) is 0 Å². The van der Waals surface area contributed by atoms with E-state index in [1.54, 1.807) is 26.4 Å². The number of aliphatic hydroxyl groups is 1. The van der Waals surface area contributed by atoms with E-state index in [0.717, 1.165) is 69.3 Å². The highest BCUT2D eigenvalue weighted by molar-refractivity contribution is 5.44. The zero-order valence-electron chi connectivity index (χ0n) is 19.7. The highest BCUT2D eigenvalue weighted by Crippen LogP contribution is 2.33. The van der Waals surface area contributed by atoms with Crippen LogP contribution in [0.25, 0.3) is 0 Å². The zero-order chi connectivity index (χ0) is 23.6. The smallest absolute Gasteiger partial charge is 0.161 e. The Morgan fingerprint density at radius 3 is 2.30 bits per heavy atom. The van der Waals surface area contributed by atoms with Crippen LogP contribution in [0.15, 0.2) is 42.5 Å². The fourth-order valence-electron chi connectivity index (χ4n) is 4.66. The minimum absolute atomic E-state index is 0.145. The third kappa shape index (κ3) is 6.93. The number of benzene rings is 2. The van der Waals surface area contributed by atoms with Crippen molar-refractivity contribution in [1.29, 1.82) is 5.26 Å². The highest BCUT2D eigenvalue weighted by Gasteiger charge is 2.26. The first kappa shape index (κ1) is 25.0. The number of ether oxygens (including phenoxy) is 2.